The molecule has 0 spiro atoms. The van der Waals surface area contributed by atoms with Gasteiger partial charge in [0.2, 0.25) is 0 Å². The molecule has 1 heterocycles. The average Bonchev–Trinajstić information content (AvgIpc) is 3.13. The lowest BCUT2D eigenvalue weighted by Crippen LogP contribution is -2.25. The Hall–Kier alpha value is -2.21. The predicted octanol–water partition coefficient (Wildman–Crippen LogP) is 3.63. The van der Waals surface area contributed by atoms with Crippen LogP contribution in [0.1, 0.15) is 29.7 Å². The quantitative estimate of drug-likeness (QED) is 0.834. The van der Waals surface area contributed by atoms with Crippen LogP contribution in [0.3, 0.4) is 0 Å². The van der Waals surface area contributed by atoms with E-state index in [4.69, 9.17) is 4.42 Å². The Kier molecular flexibility index (Phi) is 3.00. The zero-order valence-electron chi connectivity index (χ0n) is 11.0. The van der Waals surface area contributed by atoms with Gasteiger partial charge >= 0.3 is 0 Å². The minimum atomic E-state index is 0.541. The molecule has 0 N–H and O–H groups in total. The summed E-state index contributed by atoms with van der Waals surface area (Å²) in [5.74, 6) is 0.942. The second-order valence-corrected chi connectivity index (χ2v) is 5.07. The van der Waals surface area contributed by atoms with Crippen molar-refractivity contribution in [3.8, 4) is 6.07 Å². The second kappa shape index (κ2) is 4.81. The van der Waals surface area contributed by atoms with E-state index in [9.17, 15) is 5.26 Å². The fourth-order valence-corrected chi connectivity index (χ4v) is 2.34. The van der Waals surface area contributed by atoms with Gasteiger partial charge in [-0.1, -0.05) is 6.07 Å². The van der Waals surface area contributed by atoms with Crippen LogP contribution in [-0.4, -0.2) is 6.04 Å². The Morgan fingerprint density at radius 1 is 1.37 bits per heavy atom. The van der Waals surface area contributed by atoms with Gasteiger partial charge in [-0.15, -0.1) is 0 Å². The average molecular weight is 252 g/mol. The molecule has 1 aliphatic carbocycles. The lowest BCUT2D eigenvalue weighted by atomic mass is 10.1. The third kappa shape index (κ3) is 2.48. The lowest BCUT2D eigenvalue weighted by molar-refractivity contribution is 0.501. The number of hydrogen-bond donors (Lipinski definition) is 0. The Morgan fingerprint density at radius 2 is 2.21 bits per heavy atom. The van der Waals surface area contributed by atoms with E-state index in [1.165, 1.54) is 18.4 Å². The van der Waals surface area contributed by atoms with Crippen LogP contribution in [0.5, 0.6) is 0 Å². The highest BCUT2D eigenvalue weighted by atomic mass is 16.3. The normalized spacial score (nSPS) is 14.1. The maximum atomic E-state index is 9.29. The number of nitrogens with zero attached hydrogens (tertiary/aromatic N) is 2. The minimum Gasteiger partial charge on any atom is -0.467 e. The van der Waals surface area contributed by atoms with Gasteiger partial charge in [0.05, 0.1) is 24.1 Å². The van der Waals surface area contributed by atoms with Gasteiger partial charge in [-0.25, -0.2) is 0 Å². The number of nitriles is 1. The number of anilines is 1. The molecule has 1 saturated carbocycles. The molecule has 1 aliphatic rings. The SMILES string of the molecule is Cc1ccc(C#N)c(N(Cc2ccco2)C2CC2)c1. The Morgan fingerprint density at radius 3 is 2.84 bits per heavy atom. The fraction of sp³-hybridized carbons (Fsp3) is 0.312. The molecule has 1 aromatic heterocycles. The third-order valence-corrected chi connectivity index (χ3v) is 3.48. The van der Waals surface area contributed by atoms with Crippen molar-refractivity contribution in [2.24, 2.45) is 0 Å². The van der Waals surface area contributed by atoms with Crippen molar-refractivity contribution in [1.29, 1.82) is 5.26 Å². The van der Waals surface area contributed by atoms with Crippen LogP contribution in [0.25, 0.3) is 0 Å². The Balaban J connectivity index is 1.96. The van der Waals surface area contributed by atoms with Crippen molar-refractivity contribution in [3.63, 3.8) is 0 Å². The molecule has 0 bridgehead atoms. The highest BCUT2D eigenvalue weighted by molar-refractivity contribution is 5.62. The van der Waals surface area contributed by atoms with Gasteiger partial charge in [0.25, 0.3) is 0 Å². The zero-order chi connectivity index (χ0) is 13.2. The van der Waals surface area contributed by atoms with Gasteiger partial charge in [0, 0.05) is 6.04 Å². The fourth-order valence-electron chi connectivity index (χ4n) is 2.34. The molecule has 1 aromatic carbocycles. The van der Waals surface area contributed by atoms with E-state index in [0.717, 1.165) is 23.6 Å². The van der Waals surface area contributed by atoms with Crippen LogP contribution in [0.4, 0.5) is 5.69 Å². The number of furan rings is 1. The van der Waals surface area contributed by atoms with Crippen molar-refractivity contribution in [3.05, 3.63) is 53.5 Å². The summed E-state index contributed by atoms with van der Waals surface area (Å²) in [6, 6.07) is 12.7. The van der Waals surface area contributed by atoms with Crippen molar-refractivity contribution in [1.82, 2.24) is 0 Å². The Labute approximate surface area is 113 Å². The summed E-state index contributed by atoms with van der Waals surface area (Å²) in [6.45, 7) is 2.79. The molecule has 19 heavy (non-hydrogen) atoms. The predicted molar refractivity (Wildman–Crippen MR) is 73.8 cm³/mol. The van der Waals surface area contributed by atoms with Crippen molar-refractivity contribution in [2.45, 2.75) is 32.4 Å². The molecule has 1 fully saturated rings. The largest absolute Gasteiger partial charge is 0.467 e. The maximum absolute atomic E-state index is 9.29. The highest BCUT2D eigenvalue weighted by Gasteiger charge is 2.31. The first-order valence-electron chi connectivity index (χ1n) is 6.57. The summed E-state index contributed by atoms with van der Waals surface area (Å²) >= 11 is 0. The summed E-state index contributed by atoms with van der Waals surface area (Å²) in [5, 5.41) is 9.29. The molecule has 0 amide bonds. The number of rotatable bonds is 4. The first-order valence-corrected chi connectivity index (χ1v) is 6.57. The van der Waals surface area contributed by atoms with Gasteiger partial charge in [0.1, 0.15) is 11.8 Å². The van der Waals surface area contributed by atoms with E-state index >= 15 is 0 Å². The zero-order valence-corrected chi connectivity index (χ0v) is 11.0. The van der Waals surface area contributed by atoms with Crippen LogP contribution in [-0.2, 0) is 6.54 Å². The summed E-state index contributed by atoms with van der Waals surface area (Å²) in [4.78, 5) is 2.30. The van der Waals surface area contributed by atoms with E-state index in [0.29, 0.717) is 6.04 Å². The summed E-state index contributed by atoms with van der Waals surface area (Å²) in [7, 11) is 0. The number of aryl methyl sites for hydroxylation is 1. The lowest BCUT2D eigenvalue weighted by Gasteiger charge is -2.25. The van der Waals surface area contributed by atoms with E-state index in [1.54, 1.807) is 6.26 Å². The van der Waals surface area contributed by atoms with E-state index in [1.807, 2.05) is 24.3 Å². The molecule has 0 saturated heterocycles. The van der Waals surface area contributed by atoms with E-state index < -0.39 is 0 Å². The Bertz CT molecular complexity index is 606. The maximum Gasteiger partial charge on any atom is 0.123 e. The molecular weight excluding hydrogens is 236 g/mol. The summed E-state index contributed by atoms with van der Waals surface area (Å²) < 4.78 is 5.44. The molecule has 0 atom stereocenters. The van der Waals surface area contributed by atoms with Gasteiger partial charge < -0.3 is 9.32 Å². The third-order valence-electron chi connectivity index (χ3n) is 3.48. The molecular formula is C16H16N2O. The van der Waals surface area contributed by atoms with Crippen molar-refractivity contribution in [2.75, 3.05) is 4.90 Å². The molecule has 0 unspecified atom stereocenters. The molecule has 2 aromatic rings. The van der Waals surface area contributed by atoms with Crippen molar-refractivity contribution < 1.29 is 4.42 Å². The molecule has 3 heteroatoms. The smallest absolute Gasteiger partial charge is 0.123 e. The highest BCUT2D eigenvalue weighted by Crippen LogP contribution is 2.35. The van der Waals surface area contributed by atoms with E-state index in [-0.39, 0.29) is 0 Å². The van der Waals surface area contributed by atoms with E-state index in [2.05, 4.69) is 24.0 Å². The van der Waals surface area contributed by atoms with Gasteiger partial charge in [-0.05, 0) is 49.6 Å². The second-order valence-electron chi connectivity index (χ2n) is 5.07. The molecule has 3 rings (SSSR count). The van der Waals surface area contributed by atoms with Crippen LogP contribution >= 0.6 is 0 Å². The van der Waals surface area contributed by atoms with Crippen LogP contribution < -0.4 is 4.90 Å². The molecule has 96 valence electrons. The van der Waals surface area contributed by atoms with Gasteiger partial charge in [0.15, 0.2) is 0 Å². The molecule has 0 radical (unpaired) electrons. The van der Waals surface area contributed by atoms with Crippen LogP contribution in [0.15, 0.2) is 41.0 Å². The molecule has 3 nitrogen and oxygen atoms in total. The van der Waals surface area contributed by atoms with Crippen LogP contribution in [0.2, 0.25) is 0 Å². The van der Waals surface area contributed by atoms with Crippen molar-refractivity contribution >= 4 is 5.69 Å². The number of benzene rings is 1. The monoisotopic (exact) mass is 252 g/mol. The standard InChI is InChI=1S/C16H16N2O/c1-12-4-5-13(10-17)16(9-12)18(14-6-7-14)11-15-3-2-8-19-15/h2-5,8-9,14H,6-7,11H2,1H3. The van der Waals surface area contributed by atoms with Gasteiger partial charge in [-0.3, -0.25) is 0 Å². The topological polar surface area (TPSA) is 40.2 Å². The first kappa shape index (κ1) is 11.9. The molecule has 0 aliphatic heterocycles. The first-order chi connectivity index (χ1) is 9.28. The summed E-state index contributed by atoms with van der Waals surface area (Å²) in [5.41, 5.74) is 2.95. The summed E-state index contributed by atoms with van der Waals surface area (Å²) in [6.07, 6.45) is 4.08. The van der Waals surface area contributed by atoms with Gasteiger partial charge in [-0.2, -0.15) is 5.26 Å². The minimum absolute atomic E-state index is 0.541. The number of hydrogen-bond acceptors (Lipinski definition) is 3. The van der Waals surface area contributed by atoms with Crippen LogP contribution in [0, 0.1) is 18.3 Å².